The number of hydrogen-bond donors (Lipinski definition) is 2. The van der Waals surface area contributed by atoms with E-state index in [9.17, 15) is 18.0 Å². The Labute approximate surface area is 257 Å². The summed E-state index contributed by atoms with van der Waals surface area (Å²) in [5.41, 5.74) is -0.566. The maximum absolute atomic E-state index is 15.2. The molecule has 0 saturated carbocycles. The van der Waals surface area contributed by atoms with E-state index in [4.69, 9.17) is 14.2 Å². The number of pyridine rings is 1. The van der Waals surface area contributed by atoms with Crippen LogP contribution in [-0.4, -0.2) is 55.7 Å². The number of ether oxygens (including phenoxy) is 3. The van der Waals surface area contributed by atoms with Crippen molar-refractivity contribution in [1.82, 2.24) is 14.9 Å². The molecule has 1 aliphatic rings. The highest BCUT2D eigenvalue weighted by Crippen LogP contribution is 2.40. The van der Waals surface area contributed by atoms with E-state index in [-0.39, 0.29) is 43.5 Å². The van der Waals surface area contributed by atoms with Crippen molar-refractivity contribution >= 4 is 30.8 Å². The Balaban J connectivity index is 1.43. The number of amides is 2. The fraction of sp³-hybridized carbons (Fsp3) is 0.355. The number of fused-ring (bicyclic) bond motifs is 1. The molecule has 8 nitrogen and oxygen atoms in total. The third kappa shape index (κ3) is 7.80. The van der Waals surface area contributed by atoms with Gasteiger partial charge in [-0.15, -0.1) is 0 Å². The van der Waals surface area contributed by atoms with Crippen LogP contribution >= 0.6 is 0 Å². The lowest BCUT2D eigenvalue weighted by molar-refractivity contribution is -0.125. The van der Waals surface area contributed by atoms with Crippen molar-refractivity contribution in [2.45, 2.75) is 44.5 Å². The SMILES string of the molecule is C[Si](C)(C)CCOCn1cc(-c2ccc(C(F)F)cc2)c2c(Oc3c(F)cc(NC(=O)NCC4(F)COC4)cc3F)ccnc21. The number of anilines is 1. The van der Waals surface area contributed by atoms with Gasteiger partial charge in [0.05, 0.1) is 25.1 Å². The van der Waals surface area contributed by atoms with E-state index in [0.717, 1.165) is 18.2 Å². The van der Waals surface area contributed by atoms with Gasteiger partial charge in [-0.25, -0.2) is 31.7 Å². The highest BCUT2D eigenvalue weighted by atomic mass is 28.3. The van der Waals surface area contributed by atoms with Crippen LogP contribution in [0.3, 0.4) is 0 Å². The second-order valence-corrected chi connectivity index (χ2v) is 17.7. The van der Waals surface area contributed by atoms with Crippen molar-refractivity contribution in [3.8, 4) is 22.6 Å². The number of alkyl halides is 3. The fourth-order valence-corrected chi connectivity index (χ4v) is 5.37. The van der Waals surface area contributed by atoms with Crippen LogP contribution in [0.15, 0.2) is 54.9 Å². The van der Waals surface area contributed by atoms with Gasteiger partial charge >= 0.3 is 6.03 Å². The summed E-state index contributed by atoms with van der Waals surface area (Å²) in [6.07, 6.45) is 0.500. The number of rotatable bonds is 12. The molecule has 0 radical (unpaired) electrons. The maximum Gasteiger partial charge on any atom is 0.319 e. The molecule has 2 amide bonds. The summed E-state index contributed by atoms with van der Waals surface area (Å²) in [4.78, 5) is 16.6. The molecular weight excluding hydrogens is 615 g/mol. The molecule has 0 atom stereocenters. The molecule has 2 aromatic carbocycles. The zero-order valence-corrected chi connectivity index (χ0v) is 25.9. The van der Waals surface area contributed by atoms with Gasteiger partial charge in [-0.05, 0) is 17.7 Å². The smallest absolute Gasteiger partial charge is 0.319 e. The highest BCUT2D eigenvalue weighted by Gasteiger charge is 2.39. The molecule has 0 unspecified atom stereocenters. The topological polar surface area (TPSA) is 86.6 Å². The van der Waals surface area contributed by atoms with Crippen molar-refractivity contribution in [3.05, 3.63) is 72.1 Å². The van der Waals surface area contributed by atoms with E-state index < -0.39 is 43.6 Å². The van der Waals surface area contributed by atoms with Gasteiger partial charge in [0.15, 0.2) is 23.1 Å². The number of carbonyl (C=O) groups is 1. The fourth-order valence-electron chi connectivity index (χ4n) is 4.62. The molecule has 3 heterocycles. The average Bonchev–Trinajstić information content (AvgIpc) is 3.34. The Bertz CT molecular complexity index is 1650. The van der Waals surface area contributed by atoms with Crippen molar-refractivity contribution in [2.24, 2.45) is 0 Å². The third-order valence-corrected chi connectivity index (χ3v) is 8.88. The zero-order valence-electron chi connectivity index (χ0n) is 24.9. The molecule has 14 heteroatoms. The van der Waals surface area contributed by atoms with Crippen LogP contribution in [0.4, 0.5) is 32.4 Å². The largest absolute Gasteiger partial charge is 0.450 e. The first kappa shape index (κ1) is 32.4. The number of aromatic nitrogens is 2. The third-order valence-electron chi connectivity index (χ3n) is 7.17. The molecule has 5 rings (SSSR count). The summed E-state index contributed by atoms with van der Waals surface area (Å²) >= 11 is 0. The van der Waals surface area contributed by atoms with Crippen LogP contribution in [0.1, 0.15) is 12.0 Å². The lowest BCUT2D eigenvalue weighted by Gasteiger charge is -2.33. The summed E-state index contributed by atoms with van der Waals surface area (Å²) < 4.78 is 89.2. The van der Waals surface area contributed by atoms with E-state index in [1.54, 1.807) is 10.8 Å². The number of urea groups is 1. The van der Waals surface area contributed by atoms with Gasteiger partial charge in [-0.1, -0.05) is 43.9 Å². The van der Waals surface area contributed by atoms with Crippen molar-refractivity contribution < 1.29 is 41.0 Å². The second kappa shape index (κ2) is 13.1. The van der Waals surface area contributed by atoms with Gasteiger partial charge in [-0.3, -0.25) is 0 Å². The van der Waals surface area contributed by atoms with E-state index in [1.807, 2.05) is 0 Å². The Morgan fingerprint density at radius 2 is 1.80 bits per heavy atom. The second-order valence-electron chi connectivity index (χ2n) is 12.1. The Kier molecular flexibility index (Phi) is 9.46. The van der Waals surface area contributed by atoms with Gasteiger partial charge in [0.2, 0.25) is 0 Å². The summed E-state index contributed by atoms with van der Waals surface area (Å²) in [6.45, 7) is 6.74. The summed E-state index contributed by atoms with van der Waals surface area (Å²) in [5.74, 6) is -2.90. The zero-order chi connectivity index (χ0) is 32.4. The molecular formula is C31H33F5N4O4Si. The lowest BCUT2D eigenvalue weighted by Crippen LogP contribution is -2.54. The normalized spacial score (nSPS) is 14.4. The Morgan fingerprint density at radius 3 is 2.40 bits per heavy atom. The lowest BCUT2D eigenvalue weighted by atomic mass is 10.0. The number of benzene rings is 2. The molecule has 0 aliphatic carbocycles. The van der Waals surface area contributed by atoms with E-state index in [0.29, 0.717) is 28.8 Å². The number of hydrogen-bond acceptors (Lipinski definition) is 5. The molecule has 45 heavy (non-hydrogen) atoms. The molecule has 2 N–H and O–H groups in total. The Hall–Kier alpha value is -4.01. The summed E-state index contributed by atoms with van der Waals surface area (Å²) in [6, 6.07) is 8.93. The summed E-state index contributed by atoms with van der Waals surface area (Å²) in [5, 5.41) is 4.97. The molecule has 4 aromatic rings. The molecule has 1 saturated heterocycles. The van der Waals surface area contributed by atoms with Crippen LogP contribution in [0.5, 0.6) is 11.5 Å². The van der Waals surface area contributed by atoms with Gasteiger partial charge in [-0.2, -0.15) is 0 Å². The first-order valence-corrected chi connectivity index (χ1v) is 18.0. The van der Waals surface area contributed by atoms with Gasteiger partial charge in [0.1, 0.15) is 18.1 Å². The average molecular weight is 649 g/mol. The number of nitrogens with one attached hydrogen (secondary N) is 2. The minimum absolute atomic E-state index is 0.0565. The van der Waals surface area contributed by atoms with Crippen LogP contribution in [-0.2, 0) is 16.2 Å². The molecule has 240 valence electrons. The molecule has 1 fully saturated rings. The first-order chi connectivity index (χ1) is 21.3. The predicted molar refractivity (Wildman–Crippen MR) is 162 cm³/mol. The highest BCUT2D eigenvalue weighted by molar-refractivity contribution is 6.76. The first-order valence-electron chi connectivity index (χ1n) is 14.2. The summed E-state index contributed by atoms with van der Waals surface area (Å²) in [7, 11) is -1.35. The van der Waals surface area contributed by atoms with Crippen LogP contribution in [0, 0.1) is 11.6 Å². The van der Waals surface area contributed by atoms with Crippen LogP contribution < -0.4 is 15.4 Å². The molecule has 0 bridgehead atoms. The van der Waals surface area contributed by atoms with Crippen LogP contribution in [0.2, 0.25) is 25.7 Å². The van der Waals surface area contributed by atoms with Gasteiger partial charge in [0, 0.05) is 56.0 Å². The molecule has 2 aromatic heterocycles. The van der Waals surface area contributed by atoms with Crippen molar-refractivity contribution in [1.29, 1.82) is 0 Å². The van der Waals surface area contributed by atoms with E-state index in [1.165, 1.54) is 36.5 Å². The number of carbonyl (C=O) groups excluding carboxylic acids is 1. The van der Waals surface area contributed by atoms with Crippen molar-refractivity contribution in [3.63, 3.8) is 0 Å². The minimum Gasteiger partial charge on any atom is -0.450 e. The Morgan fingerprint density at radius 1 is 1.11 bits per heavy atom. The standard InChI is InChI=1S/C31H33F5N4O4Si/c1-45(2,3)11-10-42-18-40-14-22(19-4-6-20(7-5-19)28(34)35)26-25(8-9-37-29(26)40)44-27-23(32)12-21(13-24(27)33)39-30(41)38-15-31(36)16-43-17-31/h4-9,12-14,28H,10-11,15-18H2,1-3H3,(H2,38,39,41). The monoisotopic (exact) mass is 648 g/mol. The number of halogens is 5. The minimum atomic E-state index is -2.65. The maximum atomic E-state index is 15.2. The number of nitrogens with zero attached hydrogens (tertiary/aromatic N) is 2. The van der Waals surface area contributed by atoms with E-state index >= 15 is 8.78 Å². The van der Waals surface area contributed by atoms with Gasteiger partial charge < -0.3 is 29.4 Å². The molecule has 0 spiro atoms. The van der Waals surface area contributed by atoms with Crippen molar-refractivity contribution in [2.75, 3.05) is 31.7 Å². The van der Waals surface area contributed by atoms with Gasteiger partial charge in [0.25, 0.3) is 6.43 Å². The van der Waals surface area contributed by atoms with E-state index in [2.05, 4.69) is 35.3 Å². The predicted octanol–water partition coefficient (Wildman–Crippen LogP) is 7.88. The molecule has 1 aliphatic heterocycles. The van der Waals surface area contributed by atoms with Crippen LogP contribution in [0.25, 0.3) is 22.2 Å². The quantitative estimate of drug-likeness (QED) is 0.0928.